The van der Waals surface area contributed by atoms with Crippen molar-refractivity contribution in [3.05, 3.63) is 29.6 Å². The van der Waals surface area contributed by atoms with E-state index in [1.165, 1.54) is 6.07 Å². The summed E-state index contributed by atoms with van der Waals surface area (Å²) in [5.41, 5.74) is 0.959. The van der Waals surface area contributed by atoms with E-state index in [0.29, 0.717) is 5.56 Å². The minimum atomic E-state index is -0.482. The summed E-state index contributed by atoms with van der Waals surface area (Å²) in [6, 6.07) is 5.39. The molecule has 2 rings (SSSR count). The van der Waals surface area contributed by atoms with Gasteiger partial charge >= 0.3 is 6.09 Å². The van der Waals surface area contributed by atoms with Crippen molar-refractivity contribution in [2.24, 2.45) is 0 Å². The van der Waals surface area contributed by atoms with Gasteiger partial charge < -0.3 is 15.4 Å². The SMILES string of the molecule is Cc1c(F)cccc1NC1CC(NC(=O)OC(C)(C)C)C1. The van der Waals surface area contributed by atoms with E-state index < -0.39 is 5.60 Å². The Morgan fingerprint density at radius 1 is 1.29 bits per heavy atom. The predicted octanol–water partition coefficient (Wildman–Crippen LogP) is 3.60. The molecule has 0 aromatic heterocycles. The molecular weight excluding hydrogens is 271 g/mol. The Morgan fingerprint density at radius 3 is 2.57 bits per heavy atom. The van der Waals surface area contributed by atoms with Crippen molar-refractivity contribution in [3.8, 4) is 0 Å². The molecule has 2 N–H and O–H groups in total. The highest BCUT2D eigenvalue weighted by molar-refractivity contribution is 5.68. The number of ether oxygens (including phenoxy) is 1. The predicted molar refractivity (Wildman–Crippen MR) is 80.9 cm³/mol. The first-order chi connectivity index (χ1) is 9.74. The summed E-state index contributed by atoms with van der Waals surface area (Å²) in [5.74, 6) is -0.206. The van der Waals surface area contributed by atoms with E-state index in [1.807, 2.05) is 26.8 Å². The number of benzene rings is 1. The maximum Gasteiger partial charge on any atom is 0.407 e. The van der Waals surface area contributed by atoms with E-state index in [4.69, 9.17) is 4.74 Å². The maximum absolute atomic E-state index is 13.4. The van der Waals surface area contributed by atoms with Gasteiger partial charge in [0.05, 0.1) is 0 Å². The Kier molecular flexibility index (Phi) is 4.40. The minimum Gasteiger partial charge on any atom is -0.444 e. The second kappa shape index (κ2) is 5.92. The zero-order chi connectivity index (χ0) is 15.6. The largest absolute Gasteiger partial charge is 0.444 e. The fourth-order valence-corrected chi connectivity index (χ4v) is 2.31. The fraction of sp³-hybridized carbons (Fsp3) is 0.562. The molecule has 1 fully saturated rings. The average Bonchev–Trinajstić information content (AvgIpc) is 2.29. The Morgan fingerprint density at radius 2 is 1.95 bits per heavy atom. The van der Waals surface area contributed by atoms with Crippen molar-refractivity contribution in [1.82, 2.24) is 5.32 Å². The summed E-state index contributed by atoms with van der Waals surface area (Å²) in [6.45, 7) is 7.27. The topological polar surface area (TPSA) is 50.4 Å². The number of carbonyl (C=O) groups excluding carboxylic acids is 1. The molecule has 1 saturated carbocycles. The molecule has 21 heavy (non-hydrogen) atoms. The number of nitrogens with one attached hydrogen (secondary N) is 2. The van der Waals surface area contributed by atoms with Crippen LogP contribution < -0.4 is 10.6 Å². The molecule has 0 bridgehead atoms. The smallest absolute Gasteiger partial charge is 0.407 e. The molecule has 1 aliphatic rings. The molecule has 5 heteroatoms. The van der Waals surface area contributed by atoms with Crippen LogP contribution in [0.2, 0.25) is 0 Å². The summed E-state index contributed by atoms with van der Waals surface area (Å²) in [4.78, 5) is 11.6. The summed E-state index contributed by atoms with van der Waals surface area (Å²) >= 11 is 0. The Bertz CT molecular complexity index is 519. The summed E-state index contributed by atoms with van der Waals surface area (Å²) in [7, 11) is 0. The van der Waals surface area contributed by atoms with Crippen molar-refractivity contribution in [1.29, 1.82) is 0 Å². The van der Waals surface area contributed by atoms with Crippen LogP contribution in [0.4, 0.5) is 14.9 Å². The van der Waals surface area contributed by atoms with E-state index in [-0.39, 0.29) is 24.0 Å². The lowest BCUT2D eigenvalue weighted by Gasteiger charge is -2.37. The third-order valence-corrected chi connectivity index (χ3v) is 3.49. The standard InChI is InChI=1S/C16H23FN2O2/c1-10-13(17)6-5-7-14(10)18-11-8-12(9-11)19-15(20)21-16(2,3)4/h5-7,11-12,18H,8-9H2,1-4H3,(H,19,20). The van der Waals surface area contributed by atoms with Gasteiger partial charge in [-0.1, -0.05) is 6.07 Å². The lowest BCUT2D eigenvalue weighted by Crippen LogP contribution is -2.50. The number of carbonyl (C=O) groups is 1. The first-order valence-corrected chi connectivity index (χ1v) is 7.26. The second-order valence-corrected chi connectivity index (χ2v) is 6.57. The third kappa shape index (κ3) is 4.34. The Labute approximate surface area is 125 Å². The van der Waals surface area contributed by atoms with Gasteiger partial charge in [-0.2, -0.15) is 0 Å². The van der Waals surface area contributed by atoms with E-state index in [2.05, 4.69) is 10.6 Å². The molecule has 0 atom stereocenters. The van der Waals surface area contributed by atoms with Crippen LogP contribution in [-0.2, 0) is 4.74 Å². The summed E-state index contributed by atoms with van der Waals surface area (Å²) < 4.78 is 18.7. The van der Waals surface area contributed by atoms with Crippen molar-refractivity contribution in [2.75, 3.05) is 5.32 Å². The van der Waals surface area contributed by atoms with Crippen molar-refractivity contribution in [3.63, 3.8) is 0 Å². The van der Waals surface area contributed by atoms with Crippen LogP contribution in [0.1, 0.15) is 39.2 Å². The molecule has 0 spiro atoms. The highest BCUT2D eigenvalue weighted by Crippen LogP contribution is 2.27. The van der Waals surface area contributed by atoms with Crippen LogP contribution in [0.3, 0.4) is 0 Å². The van der Waals surface area contributed by atoms with Crippen molar-refractivity contribution in [2.45, 2.75) is 58.2 Å². The zero-order valence-corrected chi connectivity index (χ0v) is 13.0. The molecule has 0 radical (unpaired) electrons. The van der Waals surface area contributed by atoms with Crippen molar-refractivity contribution < 1.29 is 13.9 Å². The Balaban J connectivity index is 1.77. The molecule has 1 amide bonds. The van der Waals surface area contributed by atoms with E-state index >= 15 is 0 Å². The van der Waals surface area contributed by atoms with Crippen LogP contribution >= 0.6 is 0 Å². The van der Waals surface area contributed by atoms with E-state index in [0.717, 1.165) is 18.5 Å². The number of rotatable bonds is 3. The molecule has 4 nitrogen and oxygen atoms in total. The zero-order valence-electron chi connectivity index (χ0n) is 13.0. The lowest BCUT2D eigenvalue weighted by molar-refractivity contribution is 0.0475. The molecule has 116 valence electrons. The normalized spacial score (nSPS) is 21.4. The fourth-order valence-electron chi connectivity index (χ4n) is 2.31. The maximum atomic E-state index is 13.4. The molecule has 0 saturated heterocycles. The Hall–Kier alpha value is -1.78. The number of hydrogen-bond donors (Lipinski definition) is 2. The van der Waals surface area contributed by atoms with E-state index in [1.54, 1.807) is 13.0 Å². The van der Waals surface area contributed by atoms with Gasteiger partial charge in [-0.3, -0.25) is 0 Å². The minimum absolute atomic E-state index is 0.117. The van der Waals surface area contributed by atoms with Crippen LogP contribution in [0.15, 0.2) is 18.2 Å². The number of hydrogen-bond acceptors (Lipinski definition) is 3. The van der Waals surface area contributed by atoms with Gasteiger partial charge in [0.2, 0.25) is 0 Å². The van der Waals surface area contributed by atoms with Gasteiger partial charge in [0.1, 0.15) is 11.4 Å². The molecule has 1 aromatic carbocycles. The van der Waals surface area contributed by atoms with Gasteiger partial charge in [0.25, 0.3) is 0 Å². The van der Waals surface area contributed by atoms with Crippen LogP contribution in [-0.4, -0.2) is 23.8 Å². The van der Waals surface area contributed by atoms with Gasteiger partial charge in [-0.05, 0) is 52.7 Å². The van der Waals surface area contributed by atoms with Crippen LogP contribution in [0.5, 0.6) is 0 Å². The quantitative estimate of drug-likeness (QED) is 0.895. The van der Waals surface area contributed by atoms with Gasteiger partial charge in [-0.25, -0.2) is 9.18 Å². The van der Waals surface area contributed by atoms with Gasteiger partial charge in [0, 0.05) is 23.3 Å². The molecule has 1 aromatic rings. The monoisotopic (exact) mass is 294 g/mol. The lowest BCUT2D eigenvalue weighted by atomic mass is 9.86. The number of anilines is 1. The summed E-state index contributed by atoms with van der Waals surface area (Å²) in [5, 5.41) is 6.15. The summed E-state index contributed by atoms with van der Waals surface area (Å²) in [6.07, 6.45) is 1.25. The number of halogens is 1. The van der Waals surface area contributed by atoms with Gasteiger partial charge in [0.15, 0.2) is 0 Å². The highest BCUT2D eigenvalue weighted by atomic mass is 19.1. The molecule has 0 aliphatic heterocycles. The van der Waals surface area contributed by atoms with Gasteiger partial charge in [-0.15, -0.1) is 0 Å². The number of amides is 1. The number of alkyl carbamates (subject to hydrolysis) is 1. The molecule has 0 unspecified atom stereocenters. The second-order valence-electron chi connectivity index (χ2n) is 6.57. The first kappa shape index (κ1) is 15.6. The molecular formula is C16H23FN2O2. The molecule has 0 heterocycles. The van der Waals surface area contributed by atoms with Crippen LogP contribution in [0.25, 0.3) is 0 Å². The molecule has 1 aliphatic carbocycles. The third-order valence-electron chi connectivity index (χ3n) is 3.49. The first-order valence-electron chi connectivity index (χ1n) is 7.26. The highest BCUT2D eigenvalue weighted by Gasteiger charge is 2.31. The van der Waals surface area contributed by atoms with E-state index in [9.17, 15) is 9.18 Å². The van der Waals surface area contributed by atoms with Crippen LogP contribution in [0, 0.1) is 12.7 Å². The average molecular weight is 294 g/mol. The van der Waals surface area contributed by atoms with Crippen molar-refractivity contribution >= 4 is 11.8 Å².